The zero-order valence-corrected chi connectivity index (χ0v) is 18.9. The van der Waals surface area contributed by atoms with Crippen molar-refractivity contribution < 1.29 is 4.90 Å². The molecule has 1 N–H and O–H groups in total. The number of imidazole rings is 1. The van der Waals surface area contributed by atoms with E-state index in [-0.39, 0.29) is 11.2 Å². The fourth-order valence-corrected chi connectivity index (χ4v) is 4.71. The molecule has 0 bridgehead atoms. The lowest BCUT2D eigenvalue weighted by Crippen LogP contribution is -3.10. The van der Waals surface area contributed by atoms with Crippen LogP contribution in [0, 0.1) is 0 Å². The molecule has 0 fully saturated rings. The smallest absolute Gasteiger partial charge is 0.325 e. The van der Waals surface area contributed by atoms with Crippen LogP contribution >= 0.6 is 11.6 Å². The maximum atomic E-state index is 13.1. The molecule has 8 heteroatoms. The molecule has 0 aliphatic carbocycles. The highest BCUT2D eigenvalue weighted by atomic mass is 35.5. The van der Waals surface area contributed by atoms with Crippen molar-refractivity contribution in [3.8, 4) is 0 Å². The summed E-state index contributed by atoms with van der Waals surface area (Å²) in [6.45, 7) is 3.07. The number of benzene rings is 2. The predicted octanol–water partition coefficient (Wildman–Crippen LogP) is 1.28. The molecular weight excluding hydrogens is 426 g/mol. The average molecular weight is 451 g/mol. The molecule has 5 rings (SSSR count). The van der Waals surface area contributed by atoms with Crippen LogP contribution in [0.1, 0.15) is 22.5 Å². The summed E-state index contributed by atoms with van der Waals surface area (Å²) >= 11 is 6.06. The highest BCUT2D eigenvalue weighted by Crippen LogP contribution is 2.17. The number of halogens is 1. The second-order valence-corrected chi connectivity index (χ2v) is 8.93. The molecule has 3 heterocycles. The van der Waals surface area contributed by atoms with Gasteiger partial charge in [0.2, 0.25) is 0 Å². The van der Waals surface area contributed by atoms with Crippen LogP contribution in [0.25, 0.3) is 11.2 Å². The quantitative estimate of drug-likeness (QED) is 0.509. The van der Waals surface area contributed by atoms with Gasteiger partial charge in [-0.25, -0.2) is 9.78 Å². The summed E-state index contributed by atoms with van der Waals surface area (Å²) in [7, 11) is 3.17. The van der Waals surface area contributed by atoms with Crippen LogP contribution in [-0.2, 0) is 40.2 Å². The summed E-state index contributed by atoms with van der Waals surface area (Å²) in [5, 5.41) is 0.666. The van der Waals surface area contributed by atoms with Gasteiger partial charge in [-0.1, -0.05) is 48.0 Å². The van der Waals surface area contributed by atoms with Crippen molar-refractivity contribution in [1.82, 2.24) is 18.7 Å². The van der Waals surface area contributed by atoms with E-state index in [4.69, 9.17) is 16.6 Å². The Kier molecular flexibility index (Phi) is 5.23. The van der Waals surface area contributed by atoms with Gasteiger partial charge < -0.3 is 9.47 Å². The number of aryl methyl sites for hydroxylation is 1. The highest BCUT2D eigenvalue weighted by Gasteiger charge is 2.25. The third-order valence-corrected chi connectivity index (χ3v) is 6.65. The minimum absolute atomic E-state index is 0.324. The van der Waals surface area contributed by atoms with E-state index >= 15 is 0 Å². The summed E-state index contributed by atoms with van der Waals surface area (Å²) in [5.74, 6) is 0.808. The molecule has 32 heavy (non-hydrogen) atoms. The molecule has 4 aromatic rings. The molecule has 0 spiro atoms. The van der Waals surface area contributed by atoms with E-state index < -0.39 is 0 Å². The molecule has 0 radical (unpaired) electrons. The first-order chi connectivity index (χ1) is 15.4. The molecule has 1 aliphatic heterocycles. The van der Waals surface area contributed by atoms with E-state index in [1.54, 1.807) is 7.05 Å². The Hall–Kier alpha value is -3.16. The van der Waals surface area contributed by atoms with Gasteiger partial charge in [0, 0.05) is 37.6 Å². The Bertz CT molecular complexity index is 1430. The number of hydrogen-bond acceptors (Lipinski definition) is 3. The van der Waals surface area contributed by atoms with Crippen LogP contribution in [0.5, 0.6) is 0 Å². The lowest BCUT2D eigenvalue weighted by atomic mass is 10.00. The van der Waals surface area contributed by atoms with Crippen molar-refractivity contribution in [2.24, 2.45) is 14.1 Å². The number of quaternary nitrogens is 1. The molecule has 7 nitrogen and oxygen atoms in total. The molecule has 2 aromatic carbocycles. The van der Waals surface area contributed by atoms with Crippen LogP contribution in [0.15, 0.2) is 58.1 Å². The molecule has 0 amide bonds. The molecule has 1 aliphatic rings. The molecule has 1 atom stereocenters. The number of aromatic nitrogens is 4. The lowest BCUT2D eigenvalue weighted by molar-refractivity contribution is -0.930. The molecule has 164 valence electrons. The lowest BCUT2D eigenvalue weighted by Gasteiger charge is -2.25. The molecule has 1 unspecified atom stereocenters. The van der Waals surface area contributed by atoms with Crippen molar-refractivity contribution in [1.29, 1.82) is 0 Å². The Balaban J connectivity index is 1.60. The van der Waals surface area contributed by atoms with Crippen molar-refractivity contribution in [3.63, 3.8) is 0 Å². The number of hydrogen-bond donors (Lipinski definition) is 1. The highest BCUT2D eigenvalue weighted by molar-refractivity contribution is 6.30. The second-order valence-electron chi connectivity index (χ2n) is 8.49. The minimum Gasteiger partial charge on any atom is -0.325 e. The summed E-state index contributed by atoms with van der Waals surface area (Å²) in [5.41, 5.74) is 3.97. The average Bonchev–Trinajstić information content (AvgIpc) is 3.15. The van der Waals surface area contributed by atoms with Crippen molar-refractivity contribution >= 4 is 22.8 Å². The maximum absolute atomic E-state index is 13.1. The summed E-state index contributed by atoms with van der Waals surface area (Å²) in [6.07, 6.45) is 1.02. The first-order valence-corrected chi connectivity index (χ1v) is 11.1. The van der Waals surface area contributed by atoms with Crippen molar-refractivity contribution in [3.05, 3.63) is 96.9 Å². The van der Waals surface area contributed by atoms with Gasteiger partial charge in [-0.2, -0.15) is 0 Å². The normalized spacial score (nSPS) is 15.8. The largest absolute Gasteiger partial charge is 0.332 e. The Labute approximate surface area is 190 Å². The van der Waals surface area contributed by atoms with Crippen LogP contribution in [0.2, 0.25) is 5.02 Å². The zero-order chi connectivity index (χ0) is 22.4. The molecule has 0 saturated carbocycles. The van der Waals surface area contributed by atoms with Crippen LogP contribution in [0.4, 0.5) is 0 Å². The van der Waals surface area contributed by atoms with E-state index in [0.29, 0.717) is 29.3 Å². The van der Waals surface area contributed by atoms with Gasteiger partial charge in [-0.05, 0) is 23.3 Å². The van der Waals surface area contributed by atoms with Crippen LogP contribution in [-0.4, -0.2) is 25.2 Å². The van der Waals surface area contributed by atoms with Crippen LogP contribution < -0.4 is 16.1 Å². The number of rotatable bonds is 4. The Morgan fingerprint density at radius 2 is 1.72 bits per heavy atom. The van der Waals surface area contributed by atoms with Gasteiger partial charge in [-0.3, -0.25) is 13.9 Å². The SMILES string of the molecule is Cn1c(=O)c2c(nc(C[NH+]3CCc4ccccc4C3)n2Cc2ccc(Cl)cc2)n(C)c1=O. The topological polar surface area (TPSA) is 66.3 Å². The van der Waals surface area contributed by atoms with Gasteiger partial charge in [0.25, 0.3) is 5.56 Å². The van der Waals surface area contributed by atoms with E-state index in [2.05, 4.69) is 24.3 Å². The molecular formula is C24H25ClN5O2+. The van der Waals surface area contributed by atoms with Gasteiger partial charge in [-0.15, -0.1) is 0 Å². The zero-order valence-electron chi connectivity index (χ0n) is 18.1. The number of fused-ring (bicyclic) bond motifs is 2. The van der Waals surface area contributed by atoms with E-state index in [1.165, 1.54) is 27.6 Å². The van der Waals surface area contributed by atoms with E-state index in [9.17, 15) is 9.59 Å². The van der Waals surface area contributed by atoms with E-state index in [1.807, 2.05) is 28.8 Å². The Morgan fingerprint density at radius 1 is 1.00 bits per heavy atom. The van der Waals surface area contributed by atoms with Crippen molar-refractivity contribution in [2.45, 2.75) is 26.1 Å². The minimum atomic E-state index is -0.371. The standard InChI is InChI=1S/C24H24ClN5O2/c1-27-22-21(23(31)28(2)24(27)32)30(13-16-7-9-19(25)10-8-16)20(26-22)15-29-12-11-17-5-3-4-6-18(17)14-29/h3-10H,11-15H2,1-2H3/p+1. The predicted molar refractivity (Wildman–Crippen MR) is 124 cm³/mol. The Morgan fingerprint density at radius 3 is 2.47 bits per heavy atom. The number of nitrogens with one attached hydrogen (secondary N) is 1. The third kappa shape index (κ3) is 3.57. The van der Waals surface area contributed by atoms with Crippen molar-refractivity contribution in [2.75, 3.05) is 6.54 Å². The number of nitrogens with zero attached hydrogens (tertiary/aromatic N) is 4. The maximum Gasteiger partial charge on any atom is 0.332 e. The van der Waals surface area contributed by atoms with Gasteiger partial charge in [0.1, 0.15) is 13.1 Å². The summed E-state index contributed by atoms with van der Waals surface area (Å²) in [6, 6.07) is 16.1. The van der Waals surface area contributed by atoms with Gasteiger partial charge >= 0.3 is 5.69 Å². The van der Waals surface area contributed by atoms with Gasteiger partial charge in [0.05, 0.1) is 6.54 Å². The van der Waals surface area contributed by atoms with Crippen LogP contribution in [0.3, 0.4) is 0 Å². The summed E-state index contributed by atoms with van der Waals surface area (Å²) in [4.78, 5) is 31.8. The molecule has 2 aromatic heterocycles. The fourth-order valence-electron chi connectivity index (χ4n) is 4.59. The molecule has 0 saturated heterocycles. The first-order valence-electron chi connectivity index (χ1n) is 10.7. The summed E-state index contributed by atoms with van der Waals surface area (Å²) < 4.78 is 4.57. The monoisotopic (exact) mass is 450 g/mol. The third-order valence-electron chi connectivity index (χ3n) is 6.40. The fraction of sp³-hybridized carbons (Fsp3) is 0.292. The second kappa shape index (κ2) is 8.07. The van der Waals surface area contributed by atoms with Gasteiger partial charge in [0.15, 0.2) is 17.0 Å². The first kappa shape index (κ1) is 20.7. The van der Waals surface area contributed by atoms with E-state index in [0.717, 1.165) is 35.5 Å².